The van der Waals surface area contributed by atoms with Crippen LogP contribution in [-0.4, -0.2) is 26.2 Å². The molecule has 140 valence electrons. The fourth-order valence-electron chi connectivity index (χ4n) is 2.14. The molecular weight excluding hydrogens is 469 g/mol. The molecule has 0 saturated carbocycles. The van der Waals surface area contributed by atoms with Gasteiger partial charge in [0.25, 0.3) is 26.2 Å². The average molecular weight is 472 g/mol. The Morgan fingerprint density at radius 2 is 1.22 bits per heavy atom. The summed E-state index contributed by atoms with van der Waals surface area (Å²) in [6.07, 6.45) is 3.55. The molecule has 0 aromatic heterocycles. The van der Waals surface area contributed by atoms with E-state index in [9.17, 15) is 24.0 Å². The molecule has 2 heterocycles. The van der Waals surface area contributed by atoms with Gasteiger partial charge in [0.1, 0.15) is 0 Å². The Hall–Kier alpha value is -1.90. The van der Waals surface area contributed by atoms with Gasteiger partial charge in [0.15, 0.2) is 17.3 Å². The van der Waals surface area contributed by atoms with Crippen molar-refractivity contribution in [2.75, 3.05) is 0 Å². The summed E-state index contributed by atoms with van der Waals surface area (Å²) in [5, 5.41) is -6.49. The molecule has 2 aliphatic heterocycles. The Bertz CT molecular complexity index is 965. The Balaban J connectivity index is 2.98. The van der Waals surface area contributed by atoms with Crippen LogP contribution in [0.25, 0.3) is 0 Å². The number of rotatable bonds is 5. The lowest BCUT2D eigenvalue weighted by atomic mass is 9.95. The zero-order valence-corrected chi connectivity index (χ0v) is 16.3. The van der Waals surface area contributed by atoms with E-state index >= 15 is 0 Å². The van der Waals surface area contributed by atoms with E-state index in [1.54, 1.807) is 0 Å². The van der Waals surface area contributed by atoms with Crippen LogP contribution in [-0.2, 0) is 33.4 Å². The highest BCUT2D eigenvalue weighted by molar-refractivity contribution is 6.76. The third-order valence-corrected chi connectivity index (χ3v) is 4.06. The third-order valence-electron chi connectivity index (χ3n) is 3.12. The summed E-state index contributed by atoms with van der Waals surface area (Å²) in [6.45, 7) is 0. The first-order valence-electron chi connectivity index (χ1n) is 6.52. The van der Waals surface area contributed by atoms with Crippen molar-refractivity contribution < 1.29 is 33.4 Å². The number of hydrogen-bond acceptors (Lipinski definition) is 7. The van der Waals surface area contributed by atoms with E-state index in [0.29, 0.717) is 0 Å². The lowest BCUT2D eigenvalue weighted by molar-refractivity contribution is -0.114. The van der Waals surface area contributed by atoms with Gasteiger partial charge >= 0.3 is 0 Å². The van der Waals surface area contributed by atoms with Crippen LogP contribution < -0.4 is 0 Å². The van der Waals surface area contributed by atoms with Gasteiger partial charge in [-0.3, -0.25) is 24.0 Å². The lowest BCUT2D eigenvalue weighted by Crippen LogP contribution is -2.25. The van der Waals surface area contributed by atoms with Crippen molar-refractivity contribution in [3.8, 4) is 0 Å². The minimum Gasteiger partial charge on any atom is -0.460 e. The number of carbonyl (C=O) groups excluding carboxylic acids is 5. The van der Waals surface area contributed by atoms with Crippen molar-refractivity contribution in [2.24, 2.45) is 0 Å². The molecule has 0 atom stereocenters. The van der Waals surface area contributed by atoms with Crippen LogP contribution >= 0.6 is 58.0 Å². The normalized spacial score (nSPS) is 19.2. The van der Waals surface area contributed by atoms with E-state index in [2.05, 4.69) is 0 Å². The maximum atomic E-state index is 12.0. The zero-order chi connectivity index (χ0) is 20.5. The van der Waals surface area contributed by atoms with Gasteiger partial charge in [0.2, 0.25) is 0 Å². The molecule has 0 spiro atoms. The van der Waals surface area contributed by atoms with Crippen molar-refractivity contribution in [2.45, 2.75) is 0 Å². The van der Waals surface area contributed by atoms with Crippen LogP contribution in [0.4, 0.5) is 0 Å². The summed E-state index contributed by atoms with van der Waals surface area (Å²) in [5.41, 5.74) is -2.82. The molecule has 27 heavy (non-hydrogen) atoms. The second-order valence-corrected chi connectivity index (χ2v) is 6.33. The lowest BCUT2D eigenvalue weighted by Gasteiger charge is -2.24. The van der Waals surface area contributed by atoms with Crippen molar-refractivity contribution in [3.63, 3.8) is 0 Å². The molecule has 0 bridgehead atoms. The molecule has 2 rings (SSSR count). The van der Waals surface area contributed by atoms with Gasteiger partial charge in [-0.05, 0) is 70.2 Å². The van der Waals surface area contributed by atoms with Gasteiger partial charge in [-0.2, -0.15) is 0 Å². The summed E-state index contributed by atoms with van der Waals surface area (Å²) >= 11 is 27.2. The molecule has 0 saturated heterocycles. The molecule has 0 fully saturated rings. The second-order valence-electron chi connectivity index (χ2n) is 4.61. The largest absolute Gasteiger partial charge is 0.460 e. The maximum absolute atomic E-state index is 12.0. The average Bonchev–Trinajstić information content (AvgIpc) is 2.59. The standard InChI is InChI=1S/C15H3Cl5O7/c16-11(21)4-2-1-3-26-8(4)9-6(13(18)23)5(12(17)22)7(14(19)24)10(27-9)15(20)25/h1-3H. The number of carbonyl (C=O) groups is 5. The van der Waals surface area contributed by atoms with Crippen molar-refractivity contribution >= 4 is 84.2 Å². The van der Waals surface area contributed by atoms with Crippen LogP contribution in [0.3, 0.4) is 0 Å². The first-order valence-corrected chi connectivity index (χ1v) is 8.41. The first kappa shape index (κ1) is 21.4. The Morgan fingerprint density at radius 3 is 1.67 bits per heavy atom. The number of ether oxygens (including phenoxy) is 2. The molecule has 0 unspecified atom stereocenters. The SMILES string of the molecule is O=C(Cl)C1=CC=COC1=C1OC(C(=O)Cl)=C(C(=O)Cl)C(C(=O)Cl)=C1C(=O)Cl. The smallest absolute Gasteiger partial charge is 0.288 e. The summed E-state index contributed by atoms with van der Waals surface area (Å²) in [4.78, 5) is 58.9. The van der Waals surface area contributed by atoms with E-state index in [1.165, 1.54) is 12.2 Å². The topological polar surface area (TPSA) is 104 Å². The van der Waals surface area contributed by atoms with Crippen LogP contribution in [0.1, 0.15) is 0 Å². The van der Waals surface area contributed by atoms with E-state index in [4.69, 9.17) is 67.5 Å². The summed E-state index contributed by atoms with van der Waals surface area (Å²) in [7, 11) is 0. The van der Waals surface area contributed by atoms with Crippen LogP contribution in [0.15, 0.2) is 58.0 Å². The van der Waals surface area contributed by atoms with E-state index in [1.807, 2.05) is 0 Å². The van der Waals surface area contributed by atoms with Crippen LogP contribution in [0.5, 0.6) is 0 Å². The van der Waals surface area contributed by atoms with Crippen LogP contribution in [0, 0.1) is 0 Å². The monoisotopic (exact) mass is 470 g/mol. The van der Waals surface area contributed by atoms with E-state index in [0.717, 1.165) is 6.26 Å². The van der Waals surface area contributed by atoms with E-state index < -0.39 is 60.2 Å². The summed E-state index contributed by atoms with van der Waals surface area (Å²) in [6, 6.07) is 0. The minimum atomic E-state index is -1.38. The number of hydrogen-bond donors (Lipinski definition) is 0. The molecule has 2 aliphatic rings. The maximum Gasteiger partial charge on any atom is 0.288 e. The predicted molar refractivity (Wildman–Crippen MR) is 94.8 cm³/mol. The predicted octanol–water partition coefficient (Wildman–Crippen LogP) is 3.08. The molecule has 0 radical (unpaired) electrons. The fourth-order valence-corrected chi connectivity index (χ4v) is 2.97. The highest BCUT2D eigenvalue weighted by atomic mass is 35.5. The summed E-state index contributed by atoms with van der Waals surface area (Å²) in [5.74, 6) is -2.09. The Morgan fingerprint density at radius 1 is 0.667 bits per heavy atom. The first-order chi connectivity index (χ1) is 12.6. The van der Waals surface area contributed by atoms with Gasteiger partial charge in [-0.25, -0.2) is 0 Å². The van der Waals surface area contributed by atoms with Gasteiger partial charge in [0.05, 0.1) is 28.6 Å². The molecule has 7 nitrogen and oxygen atoms in total. The van der Waals surface area contributed by atoms with Gasteiger partial charge < -0.3 is 9.47 Å². The fraction of sp³-hybridized carbons (Fsp3) is 0. The molecule has 12 heteroatoms. The van der Waals surface area contributed by atoms with Gasteiger partial charge in [-0.15, -0.1) is 0 Å². The Kier molecular flexibility index (Phi) is 6.67. The van der Waals surface area contributed by atoms with Gasteiger partial charge in [-0.1, -0.05) is 0 Å². The zero-order valence-electron chi connectivity index (χ0n) is 12.5. The van der Waals surface area contributed by atoms with Crippen molar-refractivity contribution in [3.05, 3.63) is 58.0 Å². The number of halogens is 5. The van der Waals surface area contributed by atoms with Gasteiger partial charge in [0, 0.05) is 0 Å². The van der Waals surface area contributed by atoms with Crippen molar-refractivity contribution in [1.82, 2.24) is 0 Å². The molecule has 0 amide bonds. The Labute approximate surface area is 175 Å². The number of allylic oxidation sites excluding steroid dienone is 7. The van der Waals surface area contributed by atoms with Crippen LogP contribution in [0.2, 0.25) is 0 Å². The quantitative estimate of drug-likeness (QED) is 0.567. The van der Waals surface area contributed by atoms with E-state index in [-0.39, 0.29) is 5.57 Å². The highest BCUT2D eigenvalue weighted by Crippen LogP contribution is 2.40. The summed E-state index contributed by atoms with van der Waals surface area (Å²) < 4.78 is 10.3. The molecule has 0 aliphatic carbocycles. The second kappa shape index (κ2) is 8.41. The molecular formula is C15H3Cl5O7. The highest BCUT2D eigenvalue weighted by Gasteiger charge is 2.41. The minimum absolute atomic E-state index is 0.312. The third kappa shape index (κ3) is 4.17. The molecule has 0 N–H and O–H groups in total. The molecule has 0 aromatic carbocycles. The molecule has 0 aromatic rings. The van der Waals surface area contributed by atoms with Crippen molar-refractivity contribution in [1.29, 1.82) is 0 Å².